The van der Waals surface area contributed by atoms with Gasteiger partial charge in [-0.1, -0.05) is 6.92 Å². The molecule has 1 saturated carbocycles. The molecule has 0 saturated heterocycles. The summed E-state index contributed by atoms with van der Waals surface area (Å²) in [5, 5.41) is 22.4. The van der Waals surface area contributed by atoms with Gasteiger partial charge >= 0.3 is 0 Å². The zero-order valence-electron chi connectivity index (χ0n) is 12.6. The maximum absolute atomic E-state index is 12.4. The van der Waals surface area contributed by atoms with Crippen LogP contribution in [0.2, 0.25) is 0 Å². The monoisotopic (exact) mass is 293 g/mol. The lowest BCUT2D eigenvalue weighted by Crippen LogP contribution is -2.53. The van der Waals surface area contributed by atoms with Crippen LogP contribution in [0.25, 0.3) is 0 Å². The van der Waals surface area contributed by atoms with Crippen LogP contribution in [0.5, 0.6) is 11.5 Å². The molecule has 2 rings (SSSR count). The molecule has 0 radical (unpaired) electrons. The molecule has 0 spiro atoms. The molecule has 0 atom stereocenters. The Balaban J connectivity index is 2.16. The van der Waals surface area contributed by atoms with Crippen LogP contribution in [0.15, 0.2) is 18.2 Å². The Morgan fingerprint density at radius 3 is 2.67 bits per heavy atom. The lowest BCUT2D eigenvalue weighted by atomic mass is 9.77. The molecule has 21 heavy (non-hydrogen) atoms. The van der Waals surface area contributed by atoms with Crippen molar-refractivity contribution >= 4 is 5.91 Å². The summed E-state index contributed by atoms with van der Waals surface area (Å²) >= 11 is 0. The first-order chi connectivity index (χ1) is 9.99. The Morgan fingerprint density at radius 2 is 2.10 bits per heavy atom. The van der Waals surface area contributed by atoms with Crippen molar-refractivity contribution in [2.24, 2.45) is 5.92 Å². The minimum absolute atomic E-state index is 0.0871. The molecular weight excluding hydrogens is 270 g/mol. The van der Waals surface area contributed by atoms with E-state index in [2.05, 4.69) is 12.2 Å². The van der Waals surface area contributed by atoms with Crippen LogP contribution in [0, 0.1) is 5.92 Å². The molecule has 1 aliphatic rings. The largest absolute Gasteiger partial charge is 0.507 e. The van der Waals surface area contributed by atoms with Crippen molar-refractivity contribution in [1.82, 2.24) is 5.32 Å². The van der Waals surface area contributed by atoms with E-state index in [-0.39, 0.29) is 23.8 Å². The summed E-state index contributed by atoms with van der Waals surface area (Å²) < 4.78 is 5.08. The fourth-order valence-corrected chi connectivity index (χ4v) is 2.77. The van der Waals surface area contributed by atoms with Crippen molar-refractivity contribution in [2.75, 3.05) is 13.7 Å². The number of amides is 1. The normalized spacial score (nSPS) is 25.4. The van der Waals surface area contributed by atoms with Crippen molar-refractivity contribution in [3.63, 3.8) is 0 Å². The van der Waals surface area contributed by atoms with Crippen molar-refractivity contribution in [1.29, 1.82) is 0 Å². The van der Waals surface area contributed by atoms with Crippen molar-refractivity contribution in [3.05, 3.63) is 23.8 Å². The molecule has 1 aromatic rings. The quantitative estimate of drug-likeness (QED) is 0.794. The Labute approximate surface area is 124 Å². The molecule has 3 N–H and O–H groups in total. The third-order valence-corrected chi connectivity index (χ3v) is 4.36. The fourth-order valence-electron chi connectivity index (χ4n) is 2.77. The zero-order valence-corrected chi connectivity index (χ0v) is 12.6. The van der Waals surface area contributed by atoms with Gasteiger partial charge in [0.2, 0.25) is 0 Å². The van der Waals surface area contributed by atoms with E-state index in [1.165, 1.54) is 19.2 Å². The van der Waals surface area contributed by atoms with Gasteiger partial charge < -0.3 is 20.3 Å². The zero-order chi connectivity index (χ0) is 15.5. The number of hydrogen-bond donors (Lipinski definition) is 3. The first-order valence-corrected chi connectivity index (χ1v) is 7.30. The van der Waals surface area contributed by atoms with Crippen LogP contribution in [0.1, 0.15) is 43.0 Å². The Bertz CT molecular complexity index is 507. The van der Waals surface area contributed by atoms with Crippen LogP contribution < -0.4 is 10.1 Å². The minimum Gasteiger partial charge on any atom is -0.507 e. The van der Waals surface area contributed by atoms with Gasteiger partial charge in [0.15, 0.2) is 0 Å². The minimum atomic E-state index is -0.584. The predicted molar refractivity (Wildman–Crippen MR) is 79.6 cm³/mol. The van der Waals surface area contributed by atoms with Gasteiger partial charge in [-0.05, 0) is 49.8 Å². The van der Waals surface area contributed by atoms with E-state index in [0.29, 0.717) is 11.7 Å². The Kier molecular flexibility index (Phi) is 4.73. The van der Waals surface area contributed by atoms with Crippen LogP contribution in [-0.4, -0.2) is 35.4 Å². The summed E-state index contributed by atoms with van der Waals surface area (Å²) in [6.07, 6.45) is 3.46. The molecule has 0 aromatic heterocycles. The van der Waals surface area contributed by atoms with Gasteiger partial charge in [-0.3, -0.25) is 4.79 Å². The van der Waals surface area contributed by atoms with Gasteiger partial charge in [0.1, 0.15) is 11.5 Å². The smallest absolute Gasteiger partial charge is 0.255 e. The average molecular weight is 293 g/mol. The van der Waals surface area contributed by atoms with E-state index >= 15 is 0 Å². The van der Waals surface area contributed by atoms with Crippen LogP contribution in [0.3, 0.4) is 0 Å². The van der Waals surface area contributed by atoms with Crippen molar-refractivity contribution in [3.8, 4) is 11.5 Å². The maximum Gasteiger partial charge on any atom is 0.255 e. The number of aromatic hydroxyl groups is 1. The molecule has 5 heteroatoms. The fraction of sp³-hybridized carbons (Fsp3) is 0.562. The van der Waals surface area contributed by atoms with Gasteiger partial charge in [-0.25, -0.2) is 0 Å². The molecule has 0 heterocycles. The second-order valence-corrected chi connectivity index (χ2v) is 5.96. The van der Waals surface area contributed by atoms with Crippen LogP contribution in [0.4, 0.5) is 0 Å². The highest BCUT2D eigenvalue weighted by molar-refractivity contribution is 5.97. The Morgan fingerprint density at radius 1 is 1.43 bits per heavy atom. The second kappa shape index (κ2) is 6.35. The van der Waals surface area contributed by atoms with Gasteiger partial charge in [0, 0.05) is 0 Å². The molecule has 116 valence electrons. The third kappa shape index (κ3) is 3.47. The highest BCUT2D eigenvalue weighted by Gasteiger charge is 2.35. The number of ether oxygens (including phenoxy) is 1. The number of aliphatic hydroxyl groups is 1. The lowest BCUT2D eigenvalue weighted by molar-refractivity contribution is 0.0714. The number of rotatable bonds is 4. The highest BCUT2D eigenvalue weighted by Crippen LogP contribution is 2.32. The number of aliphatic hydroxyl groups excluding tert-OH is 1. The topological polar surface area (TPSA) is 78.8 Å². The number of hydrogen-bond acceptors (Lipinski definition) is 4. The molecule has 0 unspecified atom stereocenters. The molecule has 5 nitrogen and oxygen atoms in total. The number of phenols is 1. The number of nitrogens with one attached hydrogen (secondary N) is 1. The molecule has 1 amide bonds. The van der Waals surface area contributed by atoms with E-state index in [9.17, 15) is 15.0 Å². The summed E-state index contributed by atoms with van der Waals surface area (Å²) in [6, 6.07) is 4.53. The number of methoxy groups -OCH3 is 1. The van der Waals surface area contributed by atoms with Crippen LogP contribution in [-0.2, 0) is 0 Å². The molecule has 1 fully saturated rings. The second-order valence-electron chi connectivity index (χ2n) is 5.96. The average Bonchev–Trinajstić information content (AvgIpc) is 2.50. The predicted octanol–water partition coefficient (Wildman–Crippen LogP) is 2.07. The number of benzene rings is 1. The van der Waals surface area contributed by atoms with Gasteiger partial charge in [0.25, 0.3) is 5.91 Å². The van der Waals surface area contributed by atoms with E-state index in [1.54, 1.807) is 6.07 Å². The summed E-state index contributed by atoms with van der Waals surface area (Å²) in [7, 11) is 1.51. The van der Waals surface area contributed by atoms with E-state index < -0.39 is 5.54 Å². The number of phenolic OH excluding ortho intramolecular Hbond substituents is 1. The molecule has 1 aromatic carbocycles. The first-order valence-electron chi connectivity index (χ1n) is 7.30. The third-order valence-electron chi connectivity index (χ3n) is 4.36. The lowest BCUT2D eigenvalue weighted by Gasteiger charge is -2.38. The Hall–Kier alpha value is -1.75. The molecule has 0 aliphatic heterocycles. The van der Waals surface area contributed by atoms with Gasteiger partial charge in [0.05, 0.1) is 24.8 Å². The summed E-state index contributed by atoms with van der Waals surface area (Å²) in [6.45, 7) is 2.09. The van der Waals surface area contributed by atoms with Gasteiger partial charge in [-0.15, -0.1) is 0 Å². The van der Waals surface area contributed by atoms with E-state index in [4.69, 9.17) is 4.74 Å². The van der Waals surface area contributed by atoms with E-state index in [0.717, 1.165) is 25.7 Å². The van der Waals surface area contributed by atoms with Gasteiger partial charge in [-0.2, -0.15) is 0 Å². The number of carbonyl (C=O) groups excluding carboxylic acids is 1. The molecule has 1 aliphatic carbocycles. The summed E-state index contributed by atoms with van der Waals surface area (Å²) in [5.74, 6) is 0.653. The SMILES string of the molecule is COc1ccc(O)c(C(=O)NC2(CO)CCC(C)CC2)c1. The van der Waals surface area contributed by atoms with Crippen LogP contribution >= 0.6 is 0 Å². The maximum atomic E-state index is 12.4. The summed E-state index contributed by atoms with van der Waals surface area (Å²) in [5.41, 5.74) is -0.417. The number of carbonyl (C=O) groups is 1. The summed E-state index contributed by atoms with van der Waals surface area (Å²) in [4.78, 5) is 12.4. The standard InChI is InChI=1S/C16H23NO4/c1-11-5-7-16(10-18,8-6-11)17-15(20)13-9-12(21-2)3-4-14(13)19/h3-4,9,11,18-19H,5-8,10H2,1-2H3,(H,17,20). The first kappa shape index (κ1) is 15.6. The highest BCUT2D eigenvalue weighted by atomic mass is 16.5. The van der Waals surface area contributed by atoms with Crippen molar-refractivity contribution in [2.45, 2.75) is 38.1 Å². The molecule has 0 bridgehead atoms. The van der Waals surface area contributed by atoms with E-state index in [1.807, 2.05) is 0 Å². The molecular formula is C16H23NO4. The van der Waals surface area contributed by atoms with Crippen molar-refractivity contribution < 1.29 is 19.7 Å².